The molecule has 19 heavy (non-hydrogen) atoms. The number of hydrogen-bond acceptors (Lipinski definition) is 5. The van der Waals surface area contributed by atoms with E-state index in [4.69, 9.17) is 4.74 Å². The number of hydrogen-bond donors (Lipinski definition) is 2. The van der Waals surface area contributed by atoms with Crippen LogP contribution in [-0.2, 0) is 9.53 Å². The molecular formula is C12H21N3O4. The Hall–Kier alpha value is -1.63. The maximum absolute atomic E-state index is 11.6. The van der Waals surface area contributed by atoms with Gasteiger partial charge in [-0.3, -0.25) is 4.79 Å². The van der Waals surface area contributed by atoms with Crippen molar-refractivity contribution in [3.63, 3.8) is 0 Å². The summed E-state index contributed by atoms with van der Waals surface area (Å²) in [4.78, 5) is 23.2. The highest BCUT2D eigenvalue weighted by Gasteiger charge is 2.29. The number of rotatable bonds is 3. The lowest BCUT2D eigenvalue weighted by molar-refractivity contribution is -0.131. The van der Waals surface area contributed by atoms with Crippen molar-refractivity contribution in [1.82, 2.24) is 10.3 Å². The van der Waals surface area contributed by atoms with Gasteiger partial charge in [-0.2, -0.15) is 5.10 Å². The molecule has 1 aliphatic heterocycles. The van der Waals surface area contributed by atoms with E-state index in [9.17, 15) is 14.7 Å². The minimum absolute atomic E-state index is 0.156. The molecule has 0 aliphatic carbocycles. The average molecular weight is 271 g/mol. The first-order valence-electron chi connectivity index (χ1n) is 6.14. The summed E-state index contributed by atoms with van der Waals surface area (Å²) in [5.41, 5.74) is -0.610. The molecule has 0 aromatic carbocycles. The van der Waals surface area contributed by atoms with Crippen LogP contribution in [0.15, 0.2) is 5.10 Å². The Morgan fingerprint density at radius 3 is 2.79 bits per heavy atom. The first-order chi connectivity index (χ1) is 8.73. The molecule has 0 spiro atoms. The maximum atomic E-state index is 11.6. The topological polar surface area (TPSA) is 91.2 Å². The fraction of sp³-hybridized carbons (Fsp3) is 0.750. The molecule has 7 heteroatoms. The van der Waals surface area contributed by atoms with Crippen molar-refractivity contribution in [2.45, 2.75) is 38.8 Å². The van der Waals surface area contributed by atoms with E-state index in [1.165, 1.54) is 5.01 Å². The summed E-state index contributed by atoms with van der Waals surface area (Å²) < 4.78 is 5.11. The second kappa shape index (κ2) is 6.01. The summed E-state index contributed by atoms with van der Waals surface area (Å²) in [6.45, 7) is 4.97. The van der Waals surface area contributed by atoms with Crippen LogP contribution in [0.2, 0.25) is 0 Å². The van der Waals surface area contributed by atoms with Gasteiger partial charge in [0.1, 0.15) is 5.60 Å². The summed E-state index contributed by atoms with van der Waals surface area (Å²) in [7, 11) is 1.56. The first kappa shape index (κ1) is 15.4. The van der Waals surface area contributed by atoms with Crippen molar-refractivity contribution in [3.05, 3.63) is 0 Å². The first-order valence-corrected chi connectivity index (χ1v) is 6.14. The largest absolute Gasteiger partial charge is 0.444 e. The molecular weight excluding hydrogens is 250 g/mol. The zero-order chi connectivity index (χ0) is 14.6. The van der Waals surface area contributed by atoms with Crippen LogP contribution in [0.25, 0.3) is 0 Å². The molecule has 108 valence electrons. The monoisotopic (exact) mass is 271 g/mol. The van der Waals surface area contributed by atoms with Gasteiger partial charge in [0, 0.05) is 25.6 Å². The van der Waals surface area contributed by atoms with Crippen LogP contribution in [0.3, 0.4) is 0 Å². The molecule has 2 amide bonds. The molecule has 0 saturated heterocycles. The SMILES string of the molecule is CN1N=C[C@H]([C@@H](CO)NC(=O)OC(C)(C)C)CC1=O. The number of carbonyl (C=O) groups is 2. The molecule has 0 fully saturated rings. The number of aliphatic hydroxyl groups excluding tert-OH is 1. The summed E-state index contributed by atoms with van der Waals surface area (Å²) in [6.07, 6.45) is 1.13. The number of amides is 2. The van der Waals surface area contributed by atoms with Gasteiger partial charge in [0.05, 0.1) is 12.6 Å². The molecule has 0 unspecified atom stereocenters. The molecule has 7 nitrogen and oxygen atoms in total. The fourth-order valence-electron chi connectivity index (χ4n) is 1.63. The highest BCUT2D eigenvalue weighted by molar-refractivity contribution is 5.84. The van der Waals surface area contributed by atoms with E-state index in [0.717, 1.165) is 0 Å². The number of alkyl carbamates (subject to hydrolysis) is 1. The molecule has 0 aromatic rings. The van der Waals surface area contributed by atoms with Crippen molar-refractivity contribution in [2.24, 2.45) is 11.0 Å². The van der Waals surface area contributed by atoms with E-state index in [1.54, 1.807) is 34.0 Å². The highest BCUT2D eigenvalue weighted by Crippen LogP contribution is 2.15. The average Bonchev–Trinajstić information content (AvgIpc) is 2.27. The Kier molecular flexibility index (Phi) is 4.88. The molecule has 2 N–H and O–H groups in total. The highest BCUT2D eigenvalue weighted by atomic mass is 16.6. The molecule has 1 heterocycles. The van der Waals surface area contributed by atoms with Crippen molar-refractivity contribution >= 4 is 18.2 Å². The standard InChI is InChI=1S/C12H21N3O4/c1-12(2,3)19-11(18)14-9(7-16)8-5-10(17)15(4)13-6-8/h6,8-9,16H,5,7H2,1-4H3,(H,14,18)/t8-,9-/m1/s1. The lowest BCUT2D eigenvalue weighted by Crippen LogP contribution is -2.48. The van der Waals surface area contributed by atoms with Gasteiger partial charge < -0.3 is 15.2 Å². The third-order valence-corrected chi connectivity index (χ3v) is 2.62. The Morgan fingerprint density at radius 2 is 2.32 bits per heavy atom. The quantitative estimate of drug-likeness (QED) is 0.774. The van der Waals surface area contributed by atoms with E-state index in [0.29, 0.717) is 0 Å². The second-order valence-corrected chi connectivity index (χ2v) is 5.49. The summed E-state index contributed by atoms with van der Waals surface area (Å²) in [5.74, 6) is -0.488. The van der Waals surface area contributed by atoms with Gasteiger partial charge in [-0.25, -0.2) is 9.80 Å². The summed E-state index contributed by atoms with van der Waals surface area (Å²) in [6, 6.07) is -0.587. The lowest BCUT2D eigenvalue weighted by atomic mass is 9.96. The van der Waals surface area contributed by atoms with Gasteiger partial charge in [0.25, 0.3) is 0 Å². The number of hydrazone groups is 1. The molecule has 1 aliphatic rings. The van der Waals surface area contributed by atoms with Gasteiger partial charge in [-0.1, -0.05) is 0 Å². The number of nitrogens with one attached hydrogen (secondary N) is 1. The van der Waals surface area contributed by atoms with Crippen molar-refractivity contribution < 1.29 is 19.4 Å². The van der Waals surface area contributed by atoms with E-state index in [-0.39, 0.29) is 24.9 Å². The van der Waals surface area contributed by atoms with E-state index < -0.39 is 17.7 Å². The summed E-state index contributed by atoms with van der Waals surface area (Å²) >= 11 is 0. The zero-order valence-corrected chi connectivity index (χ0v) is 11.7. The lowest BCUT2D eigenvalue weighted by Gasteiger charge is -2.28. The van der Waals surface area contributed by atoms with Crippen molar-refractivity contribution in [2.75, 3.05) is 13.7 Å². The van der Waals surface area contributed by atoms with Crippen LogP contribution in [0.5, 0.6) is 0 Å². The molecule has 1 rings (SSSR count). The van der Waals surface area contributed by atoms with Crippen molar-refractivity contribution in [1.29, 1.82) is 0 Å². The number of carbonyl (C=O) groups excluding carboxylic acids is 2. The number of aliphatic hydroxyl groups is 1. The predicted molar refractivity (Wildman–Crippen MR) is 69.6 cm³/mol. The van der Waals surface area contributed by atoms with E-state index in [2.05, 4.69) is 10.4 Å². The molecule has 0 aromatic heterocycles. The fourth-order valence-corrected chi connectivity index (χ4v) is 1.63. The minimum atomic E-state index is -0.619. The Balaban J connectivity index is 2.62. The summed E-state index contributed by atoms with van der Waals surface area (Å²) in [5, 5.41) is 17.0. The van der Waals surface area contributed by atoms with E-state index in [1.807, 2.05) is 0 Å². The third-order valence-electron chi connectivity index (χ3n) is 2.62. The smallest absolute Gasteiger partial charge is 0.407 e. The zero-order valence-electron chi connectivity index (χ0n) is 11.7. The Bertz CT molecular complexity index is 376. The van der Waals surface area contributed by atoms with Crippen LogP contribution in [0, 0.1) is 5.92 Å². The van der Waals surface area contributed by atoms with Gasteiger partial charge in [-0.15, -0.1) is 0 Å². The Morgan fingerprint density at radius 1 is 1.68 bits per heavy atom. The molecule has 0 radical (unpaired) electrons. The third kappa shape index (κ3) is 4.86. The predicted octanol–water partition coefficient (Wildman–Crippen LogP) is 0.336. The normalized spacial score (nSPS) is 21.2. The van der Waals surface area contributed by atoms with Crippen molar-refractivity contribution in [3.8, 4) is 0 Å². The number of nitrogens with zero attached hydrogens (tertiary/aromatic N) is 2. The number of ether oxygens (including phenoxy) is 1. The van der Waals surface area contributed by atoms with Crippen LogP contribution in [-0.4, -0.2) is 53.6 Å². The van der Waals surface area contributed by atoms with Crippen LogP contribution in [0.4, 0.5) is 4.79 Å². The van der Waals surface area contributed by atoms with Crippen LogP contribution < -0.4 is 5.32 Å². The van der Waals surface area contributed by atoms with Crippen LogP contribution in [0.1, 0.15) is 27.2 Å². The second-order valence-electron chi connectivity index (χ2n) is 5.49. The van der Waals surface area contributed by atoms with E-state index >= 15 is 0 Å². The van der Waals surface area contributed by atoms with Gasteiger partial charge in [0.15, 0.2) is 0 Å². The van der Waals surface area contributed by atoms with Gasteiger partial charge >= 0.3 is 6.09 Å². The molecule has 2 atom stereocenters. The van der Waals surface area contributed by atoms with Crippen LogP contribution >= 0.6 is 0 Å². The van der Waals surface area contributed by atoms with Gasteiger partial charge in [-0.05, 0) is 20.8 Å². The maximum Gasteiger partial charge on any atom is 0.407 e. The molecule has 0 saturated carbocycles. The molecule has 0 bridgehead atoms. The minimum Gasteiger partial charge on any atom is -0.444 e. The van der Waals surface area contributed by atoms with Gasteiger partial charge in [0.2, 0.25) is 5.91 Å². The Labute approximate surface area is 112 Å².